The SMILES string of the molecule is CN(C)C(N=C=O)=C(N=C=O)N(C)C. The molecule has 0 aliphatic heterocycles. The van der Waals surface area contributed by atoms with Crippen LogP contribution in [0.5, 0.6) is 0 Å². The summed E-state index contributed by atoms with van der Waals surface area (Å²) in [5, 5.41) is 0. The summed E-state index contributed by atoms with van der Waals surface area (Å²) in [5.41, 5.74) is 0. The quantitative estimate of drug-likeness (QED) is 0.465. The van der Waals surface area contributed by atoms with E-state index in [0.29, 0.717) is 0 Å². The summed E-state index contributed by atoms with van der Waals surface area (Å²) in [7, 11) is 6.72. The Balaban J connectivity index is 5.47. The van der Waals surface area contributed by atoms with E-state index in [9.17, 15) is 9.59 Å². The first-order valence-electron chi connectivity index (χ1n) is 3.79. The molecule has 0 N–H and O–H groups in total. The fourth-order valence-electron chi connectivity index (χ4n) is 0.786. The summed E-state index contributed by atoms with van der Waals surface area (Å²) in [4.78, 5) is 30.3. The fraction of sp³-hybridized carbons (Fsp3) is 0.500. The zero-order valence-electron chi connectivity index (χ0n) is 8.61. The molecule has 0 saturated carbocycles. The Morgan fingerprint density at radius 3 is 1.29 bits per heavy atom. The van der Waals surface area contributed by atoms with Crippen LogP contribution in [0.25, 0.3) is 0 Å². The van der Waals surface area contributed by atoms with Crippen molar-refractivity contribution in [3.8, 4) is 0 Å². The molecule has 0 rings (SSSR count). The average molecular weight is 196 g/mol. The first-order chi connectivity index (χ1) is 6.54. The normalized spacial score (nSPS) is 10.6. The standard InChI is InChI=1S/C8H12N4O2/c1-11(2)7(9-5-13)8(10-6-14)12(3)4/h1-4H3. The van der Waals surface area contributed by atoms with Gasteiger partial charge in [0, 0.05) is 28.2 Å². The third-order valence-electron chi connectivity index (χ3n) is 1.35. The van der Waals surface area contributed by atoms with Gasteiger partial charge in [-0.1, -0.05) is 0 Å². The lowest BCUT2D eigenvalue weighted by atomic mass is 10.5. The fourth-order valence-corrected chi connectivity index (χ4v) is 0.786. The van der Waals surface area contributed by atoms with Gasteiger partial charge in [-0.3, -0.25) is 0 Å². The molecule has 0 aliphatic rings. The van der Waals surface area contributed by atoms with Gasteiger partial charge in [0.05, 0.1) is 0 Å². The molecule has 14 heavy (non-hydrogen) atoms. The van der Waals surface area contributed by atoms with Crippen LogP contribution in [-0.2, 0) is 9.59 Å². The number of carbonyl (C=O) groups excluding carboxylic acids is 2. The van der Waals surface area contributed by atoms with Crippen LogP contribution in [0.15, 0.2) is 21.6 Å². The van der Waals surface area contributed by atoms with Crippen LogP contribution in [0.2, 0.25) is 0 Å². The minimum atomic E-state index is 0.258. The Kier molecular flexibility index (Phi) is 4.92. The molecule has 76 valence electrons. The maximum Gasteiger partial charge on any atom is 0.242 e. The van der Waals surface area contributed by atoms with Gasteiger partial charge < -0.3 is 9.80 Å². The summed E-state index contributed by atoms with van der Waals surface area (Å²) in [5.74, 6) is 0.515. The van der Waals surface area contributed by atoms with Crippen molar-refractivity contribution in [1.29, 1.82) is 0 Å². The summed E-state index contributed by atoms with van der Waals surface area (Å²) in [6, 6.07) is 0. The Hall–Kier alpha value is -1.90. The predicted molar refractivity (Wildman–Crippen MR) is 50.6 cm³/mol. The largest absolute Gasteiger partial charge is 0.359 e. The van der Waals surface area contributed by atoms with Crippen LogP contribution >= 0.6 is 0 Å². The van der Waals surface area contributed by atoms with Crippen molar-refractivity contribution in [2.75, 3.05) is 28.2 Å². The summed E-state index contributed by atoms with van der Waals surface area (Å²) in [6.45, 7) is 0. The highest BCUT2D eigenvalue weighted by molar-refractivity contribution is 5.40. The first kappa shape index (κ1) is 12.1. The molecule has 0 aromatic rings. The maximum atomic E-state index is 10.1. The predicted octanol–water partition coefficient (Wildman–Crippen LogP) is -0.0922. The number of rotatable bonds is 4. The van der Waals surface area contributed by atoms with Gasteiger partial charge in [-0.2, -0.15) is 0 Å². The molecule has 0 aliphatic carbocycles. The molecule has 0 unspecified atom stereocenters. The maximum absolute atomic E-state index is 10.1. The van der Waals surface area contributed by atoms with Crippen LogP contribution in [-0.4, -0.2) is 50.2 Å². The Bertz CT molecular complexity index is 288. The van der Waals surface area contributed by atoms with E-state index >= 15 is 0 Å². The highest BCUT2D eigenvalue weighted by atomic mass is 16.1. The number of aliphatic imine (C=N–C) groups is 2. The smallest absolute Gasteiger partial charge is 0.242 e. The van der Waals surface area contributed by atoms with E-state index in [4.69, 9.17) is 0 Å². The Morgan fingerprint density at radius 1 is 0.857 bits per heavy atom. The average Bonchev–Trinajstić information content (AvgIpc) is 2.10. The summed E-state index contributed by atoms with van der Waals surface area (Å²) >= 11 is 0. The minimum Gasteiger partial charge on any atom is -0.359 e. The highest BCUT2D eigenvalue weighted by Crippen LogP contribution is 2.11. The van der Waals surface area contributed by atoms with Gasteiger partial charge in [0.15, 0.2) is 11.6 Å². The zero-order chi connectivity index (χ0) is 11.1. The summed E-state index contributed by atoms with van der Waals surface area (Å²) < 4.78 is 0. The molecule has 6 nitrogen and oxygen atoms in total. The van der Waals surface area contributed by atoms with Gasteiger partial charge in [-0.25, -0.2) is 9.59 Å². The molecule has 6 heteroatoms. The van der Waals surface area contributed by atoms with Crippen molar-refractivity contribution in [1.82, 2.24) is 9.80 Å². The van der Waals surface area contributed by atoms with E-state index in [-0.39, 0.29) is 11.6 Å². The van der Waals surface area contributed by atoms with E-state index in [1.165, 1.54) is 12.2 Å². The molecule has 0 atom stereocenters. The molecule has 0 radical (unpaired) electrons. The first-order valence-corrected chi connectivity index (χ1v) is 3.79. The number of nitrogens with zero attached hydrogens (tertiary/aromatic N) is 4. The van der Waals surface area contributed by atoms with Crippen molar-refractivity contribution in [2.45, 2.75) is 0 Å². The van der Waals surface area contributed by atoms with Crippen molar-refractivity contribution in [3.05, 3.63) is 11.6 Å². The van der Waals surface area contributed by atoms with Gasteiger partial charge in [0.25, 0.3) is 0 Å². The van der Waals surface area contributed by atoms with Crippen LogP contribution in [0.4, 0.5) is 0 Å². The lowest BCUT2D eigenvalue weighted by molar-refractivity contribution is 0.431. The van der Waals surface area contributed by atoms with E-state index in [0.717, 1.165) is 0 Å². The molecule has 0 aromatic carbocycles. The van der Waals surface area contributed by atoms with E-state index in [2.05, 4.69) is 9.98 Å². The number of hydrogen-bond donors (Lipinski definition) is 0. The lowest BCUT2D eigenvalue weighted by Crippen LogP contribution is -2.19. The second kappa shape index (κ2) is 5.70. The second-order valence-electron chi connectivity index (χ2n) is 2.84. The zero-order valence-corrected chi connectivity index (χ0v) is 8.61. The molecule has 0 amide bonds. The molecular formula is C8H12N4O2. The monoisotopic (exact) mass is 196 g/mol. The van der Waals surface area contributed by atoms with Crippen molar-refractivity contribution < 1.29 is 9.59 Å². The Labute approximate surface area is 82.2 Å². The molecule has 0 saturated heterocycles. The molecule has 0 bridgehead atoms. The van der Waals surface area contributed by atoms with Gasteiger partial charge in [-0.15, -0.1) is 9.98 Å². The third kappa shape index (κ3) is 3.23. The molecule has 0 aromatic heterocycles. The van der Waals surface area contributed by atoms with E-state index < -0.39 is 0 Å². The highest BCUT2D eigenvalue weighted by Gasteiger charge is 2.09. The molecule has 0 spiro atoms. The van der Waals surface area contributed by atoms with Crippen LogP contribution < -0.4 is 0 Å². The van der Waals surface area contributed by atoms with Gasteiger partial charge in [0.2, 0.25) is 12.2 Å². The van der Waals surface area contributed by atoms with Crippen molar-refractivity contribution >= 4 is 12.2 Å². The van der Waals surface area contributed by atoms with Gasteiger partial charge >= 0.3 is 0 Å². The molecule has 0 heterocycles. The van der Waals surface area contributed by atoms with Crippen LogP contribution in [0, 0.1) is 0 Å². The second-order valence-corrected chi connectivity index (χ2v) is 2.84. The van der Waals surface area contributed by atoms with E-state index in [1.54, 1.807) is 38.0 Å². The van der Waals surface area contributed by atoms with Gasteiger partial charge in [0.1, 0.15) is 0 Å². The van der Waals surface area contributed by atoms with Crippen molar-refractivity contribution in [3.63, 3.8) is 0 Å². The van der Waals surface area contributed by atoms with E-state index in [1.807, 2.05) is 0 Å². The number of isocyanates is 2. The molecule has 0 fully saturated rings. The van der Waals surface area contributed by atoms with Gasteiger partial charge in [-0.05, 0) is 0 Å². The van der Waals surface area contributed by atoms with Crippen LogP contribution in [0.3, 0.4) is 0 Å². The Morgan fingerprint density at radius 2 is 1.14 bits per heavy atom. The number of hydrogen-bond acceptors (Lipinski definition) is 6. The van der Waals surface area contributed by atoms with Crippen LogP contribution in [0.1, 0.15) is 0 Å². The van der Waals surface area contributed by atoms with Crippen molar-refractivity contribution in [2.24, 2.45) is 9.98 Å². The topological polar surface area (TPSA) is 65.3 Å². The third-order valence-corrected chi connectivity index (χ3v) is 1.35. The molecular weight excluding hydrogens is 184 g/mol. The summed E-state index contributed by atoms with van der Waals surface area (Å²) in [6.07, 6.45) is 2.80. The lowest BCUT2D eigenvalue weighted by Gasteiger charge is -2.18. The minimum absolute atomic E-state index is 0.258.